The minimum atomic E-state index is -2.80. The predicted octanol–water partition coefficient (Wildman–Crippen LogP) is 1.47. The molecule has 0 radical (unpaired) electrons. The van der Waals surface area contributed by atoms with Gasteiger partial charge < -0.3 is 20.7 Å². The maximum absolute atomic E-state index is 13.2. The number of carbonyl (C=O) groups is 2. The summed E-state index contributed by atoms with van der Waals surface area (Å²) in [6, 6.07) is 6.79. The molecule has 1 aromatic carbocycles. The average molecular weight is 381 g/mol. The number of unbranched alkanes of at least 4 members (excludes halogenated alkanes) is 1. The molecule has 1 saturated heterocycles. The number of nitrogens with zero attached hydrogens (tertiary/aromatic N) is 1. The van der Waals surface area contributed by atoms with E-state index >= 15 is 0 Å². The molecule has 0 spiro atoms. The molecular formula is C19H25F2N3O3. The lowest BCUT2D eigenvalue weighted by Crippen LogP contribution is -2.43. The molecule has 3 rings (SSSR count). The predicted molar refractivity (Wildman–Crippen MR) is 95.5 cm³/mol. The number of nitrogens with one attached hydrogen (secondary N) is 1. The van der Waals surface area contributed by atoms with Crippen molar-refractivity contribution in [3.8, 4) is 5.75 Å². The lowest BCUT2D eigenvalue weighted by atomic mass is 10.1. The van der Waals surface area contributed by atoms with Crippen molar-refractivity contribution in [2.75, 3.05) is 19.6 Å². The molecule has 2 heterocycles. The lowest BCUT2D eigenvalue weighted by molar-refractivity contribution is -0.133. The van der Waals surface area contributed by atoms with Crippen LogP contribution in [0.1, 0.15) is 31.2 Å². The molecule has 2 aliphatic heterocycles. The zero-order valence-corrected chi connectivity index (χ0v) is 15.1. The van der Waals surface area contributed by atoms with E-state index in [1.54, 1.807) is 0 Å². The molecule has 0 aromatic heterocycles. The zero-order valence-electron chi connectivity index (χ0n) is 15.1. The Labute approximate surface area is 157 Å². The van der Waals surface area contributed by atoms with Gasteiger partial charge in [-0.2, -0.15) is 0 Å². The number of hydrogen-bond donors (Lipinski definition) is 2. The smallest absolute Gasteiger partial charge is 0.267 e. The van der Waals surface area contributed by atoms with Crippen LogP contribution in [0.3, 0.4) is 0 Å². The molecule has 8 heteroatoms. The third kappa shape index (κ3) is 4.94. The van der Waals surface area contributed by atoms with E-state index in [4.69, 9.17) is 10.5 Å². The van der Waals surface area contributed by atoms with E-state index in [1.807, 2.05) is 24.3 Å². The molecule has 2 amide bonds. The van der Waals surface area contributed by atoms with Crippen LogP contribution in [0.5, 0.6) is 5.75 Å². The topological polar surface area (TPSA) is 84.7 Å². The van der Waals surface area contributed by atoms with Gasteiger partial charge in [-0.25, -0.2) is 8.78 Å². The molecular weight excluding hydrogens is 356 g/mol. The number of para-hydroxylation sites is 1. The average Bonchev–Trinajstić information content (AvgIpc) is 3.23. The summed E-state index contributed by atoms with van der Waals surface area (Å²) in [4.78, 5) is 25.4. The van der Waals surface area contributed by atoms with Gasteiger partial charge in [-0.05, 0) is 30.9 Å². The van der Waals surface area contributed by atoms with Crippen molar-refractivity contribution >= 4 is 11.8 Å². The SMILES string of the molecule is N[C@@H](CCCCNC(=O)C1Cc2ccccc2O1)C(=O)N1CCC(F)(F)C1. The third-order valence-corrected chi connectivity index (χ3v) is 4.98. The Hall–Kier alpha value is -2.22. The summed E-state index contributed by atoms with van der Waals surface area (Å²) in [5, 5.41) is 2.83. The summed E-state index contributed by atoms with van der Waals surface area (Å²) in [7, 11) is 0. The summed E-state index contributed by atoms with van der Waals surface area (Å²) >= 11 is 0. The van der Waals surface area contributed by atoms with E-state index in [2.05, 4.69) is 5.32 Å². The van der Waals surface area contributed by atoms with Crippen molar-refractivity contribution < 1.29 is 23.1 Å². The van der Waals surface area contributed by atoms with Crippen LogP contribution in [0.25, 0.3) is 0 Å². The van der Waals surface area contributed by atoms with Crippen LogP contribution in [-0.4, -0.2) is 54.4 Å². The number of hydrogen-bond acceptors (Lipinski definition) is 4. The molecule has 1 fully saturated rings. The van der Waals surface area contributed by atoms with Crippen LogP contribution in [0.2, 0.25) is 0 Å². The fourth-order valence-electron chi connectivity index (χ4n) is 3.42. The minimum Gasteiger partial charge on any atom is -0.480 e. The molecule has 1 aromatic rings. The van der Waals surface area contributed by atoms with Gasteiger partial charge in [0.1, 0.15) is 5.75 Å². The second-order valence-corrected chi connectivity index (χ2v) is 7.18. The Balaban J connectivity index is 1.30. The standard InChI is InChI=1S/C19H25F2N3O3/c20-19(21)8-10-24(12-19)18(26)14(22)6-3-4-9-23-17(25)16-11-13-5-1-2-7-15(13)27-16/h1-2,5,7,14,16H,3-4,6,8-12,22H2,(H,23,25)/t14-,16?/m0/s1. The first-order chi connectivity index (χ1) is 12.9. The molecule has 3 N–H and O–H groups in total. The Morgan fingerprint density at radius 1 is 1.33 bits per heavy atom. The maximum Gasteiger partial charge on any atom is 0.267 e. The summed E-state index contributed by atoms with van der Waals surface area (Å²) in [5.41, 5.74) is 6.86. The van der Waals surface area contributed by atoms with Gasteiger partial charge in [0, 0.05) is 25.9 Å². The Morgan fingerprint density at radius 2 is 2.11 bits per heavy atom. The van der Waals surface area contributed by atoms with Gasteiger partial charge >= 0.3 is 0 Å². The number of halogens is 2. The number of likely N-dealkylation sites (tertiary alicyclic amines) is 1. The van der Waals surface area contributed by atoms with E-state index in [1.165, 1.54) is 0 Å². The van der Waals surface area contributed by atoms with E-state index in [0.717, 1.165) is 16.2 Å². The number of nitrogens with two attached hydrogens (primary N) is 1. The fourth-order valence-corrected chi connectivity index (χ4v) is 3.42. The van der Waals surface area contributed by atoms with Crippen molar-refractivity contribution in [3.63, 3.8) is 0 Å². The minimum absolute atomic E-state index is 0.0549. The number of alkyl halides is 2. The van der Waals surface area contributed by atoms with E-state index in [-0.39, 0.29) is 18.9 Å². The van der Waals surface area contributed by atoms with Gasteiger partial charge in [0.15, 0.2) is 6.10 Å². The van der Waals surface area contributed by atoms with Gasteiger partial charge in [-0.3, -0.25) is 9.59 Å². The number of ether oxygens (including phenoxy) is 1. The molecule has 0 bridgehead atoms. The molecule has 0 saturated carbocycles. The monoisotopic (exact) mass is 381 g/mol. The quantitative estimate of drug-likeness (QED) is 0.701. The van der Waals surface area contributed by atoms with Crippen molar-refractivity contribution in [1.82, 2.24) is 10.2 Å². The van der Waals surface area contributed by atoms with Crippen molar-refractivity contribution in [2.45, 2.75) is 50.2 Å². The zero-order chi connectivity index (χ0) is 19.4. The number of carbonyl (C=O) groups excluding carboxylic acids is 2. The van der Waals surface area contributed by atoms with Crippen LogP contribution < -0.4 is 15.8 Å². The highest BCUT2D eigenvalue weighted by Gasteiger charge is 2.41. The largest absolute Gasteiger partial charge is 0.480 e. The summed E-state index contributed by atoms with van der Waals surface area (Å²) in [6.45, 7) is -0.0313. The maximum atomic E-state index is 13.2. The van der Waals surface area contributed by atoms with Crippen LogP contribution in [0.4, 0.5) is 8.78 Å². The van der Waals surface area contributed by atoms with Gasteiger partial charge in [0.25, 0.3) is 11.8 Å². The summed E-state index contributed by atoms with van der Waals surface area (Å²) < 4.78 is 32.0. The van der Waals surface area contributed by atoms with Crippen LogP contribution in [0, 0.1) is 0 Å². The Morgan fingerprint density at radius 3 is 2.81 bits per heavy atom. The lowest BCUT2D eigenvalue weighted by Gasteiger charge is -2.20. The third-order valence-electron chi connectivity index (χ3n) is 4.98. The van der Waals surface area contributed by atoms with Gasteiger partial charge in [0.2, 0.25) is 5.91 Å². The van der Waals surface area contributed by atoms with Gasteiger partial charge in [-0.15, -0.1) is 0 Å². The van der Waals surface area contributed by atoms with Gasteiger partial charge in [0.05, 0.1) is 12.6 Å². The normalized spacial score (nSPS) is 21.4. The number of benzene rings is 1. The first-order valence-electron chi connectivity index (χ1n) is 9.30. The van der Waals surface area contributed by atoms with Crippen LogP contribution >= 0.6 is 0 Å². The van der Waals surface area contributed by atoms with E-state index in [0.29, 0.717) is 32.2 Å². The highest BCUT2D eigenvalue weighted by molar-refractivity contribution is 5.82. The number of fused-ring (bicyclic) bond motifs is 1. The number of amides is 2. The van der Waals surface area contributed by atoms with Crippen molar-refractivity contribution in [2.24, 2.45) is 5.73 Å². The highest BCUT2D eigenvalue weighted by atomic mass is 19.3. The Kier molecular flexibility index (Phi) is 5.94. The molecule has 2 atom stereocenters. The van der Waals surface area contributed by atoms with Crippen LogP contribution in [0.15, 0.2) is 24.3 Å². The summed E-state index contributed by atoms with van der Waals surface area (Å²) in [6.07, 6.45) is 1.43. The molecule has 6 nitrogen and oxygen atoms in total. The van der Waals surface area contributed by atoms with Crippen molar-refractivity contribution in [1.29, 1.82) is 0 Å². The molecule has 2 aliphatic rings. The van der Waals surface area contributed by atoms with Crippen LogP contribution in [-0.2, 0) is 16.0 Å². The highest BCUT2D eigenvalue weighted by Crippen LogP contribution is 2.28. The van der Waals surface area contributed by atoms with E-state index in [9.17, 15) is 18.4 Å². The Bertz CT molecular complexity index is 674. The second-order valence-electron chi connectivity index (χ2n) is 7.18. The number of rotatable bonds is 7. The fraction of sp³-hybridized carbons (Fsp3) is 0.579. The van der Waals surface area contributed by atoms with Gasteiger partial charge in [-0.1, -0.05) is 18.2 Å². The first kappa shape index (κ1) is 19.5. The molecule has 1 unspecified atom stereocenters. The molecule has 148 valence electrons. The first-order valence-corrected chi connectivity index (χ1v) is 9.30. The molecule has 27 heavy (non-hydrogen) atoms. The summed E-state index contributed by atoms with van der Waals surface area (Å²) in [5.74, 6) is -2.64. The van der Waals surface area contributed by atoms with E-state index < -0.39 is 30.5 Å². The second kappa shape index (κ2) is 8.21. The molecule has 0 aliphatic carbocycles. The van der Waals surface area contributed by atoms with Crippen molar-refractivity contribution in [3.05, 3.63) is 29.8 Å².